The van der Waals surface area contributed by atoms with Crippen LogP contribution in [0.5, 0.6) is 0 Å². The average molecular weight is 350 g/mol. The van der Waals surface area contributed by atoms with Gasteiger partial charge in [-0.3, -0.25) is 14.5 Å². The molecule has 2 aliphatic carbocycles. The third kappa shape index (κ3) is 1.77. The lowest BCUT2D eigenvalue weighted by atomic mass is 9.79. The molecule has 0 unspecified atom stereocenters. The summed E-state index contributed by atoms with van der Waals surface area (Å²) in [5, 5.41) is 10.2. The Morgan fingerprint density at radius 3 is 2.38 bits per heavy atom. The van der Waals surface area contributed by atoms with Crippen LogP contribution in [-0.4, -0.2) is 32.8 Å². The molecule has 0 aromatic heterocycles. The van der Waals surface area contributed by atoms with E-state index in [2.05, 4.69) is 15.9 Å². The summed E-state index contributed by atoms with van der Waals surface area (Å²) in [6, 6.07) is 9.57. The van der Waals surface area contributed by atoms with E-state index in [0.717, 1.165) is 12.0 Å². The van der Waals surface area contributed by atoms with E-state index in [1.54, 1.807) is 0 Å². The molecule has 4 nitrogen and oxygen atoms in total. The summed E-state index contributed by atoms with van der Waals surface area (Å²) in [4.78, 5) is 26.6. The van der Waals surface area contributed by atoms with Crippen molar-refractivity contribution in [2.45, 2.75) is 23.9 Å². The summed E-state index contributed by atoms with van der Waals surface area (Å²) >= 11 is 3.50. The van der Waals surface area contributed by atoms with Crippen LogP contribution < -0.4 is 0 Å². The number of rotatable bonds is 2. The highest BCUT2D eigenvalue weighted by Crippen LogP contribution is 2.58. The zero-order valence-corrected chi connectivity index (χ0v) is 12.9. The first-order valence-electron chi connectivity index (χ1n) is 7.31. The van der Waals surface area contributed by atoms with Crippen LogP contribution in [0.2, 0.25) is 0 Å². The van der Waals surface area contributed by atoms with Crippen molar-refractivity contribution in [2.24, 2.45) is 23.7 Å². The molecule has 3 fully saturated rings. The zero-order chi connectivity index (χ0) is 14.7. The molecule has 0 radical (unpaired) electrons. The highest BCUT2D eigenvalue weighted by atomic mass is 79.9. The second-order valence-corrected chi connectivity index (χ2v) is 7.36. The monoisotopic (exact) mass is 349 g/mol. The van der Waals surface area contributed by atoms with Crippen LogP contribution in [0.4, 0.5) is 0 Å². The number of imide groups is 1. The van der Waals surface area contributed by atoms with Crippen molar-refractivity contribution in [2.75, 3.05) is 0 Å². The Hall–Kier alpha value is -1.20. The van der Waals surface area contributed by atoms with Gasteiger partial charge in [0.2, 0.25) is 11.8 Å². The van der Waals surface area contributed by atoms with Crippen molar-refractivity contribution in [3.63, 3.8) is 0 Å². The zero-order valence-electron chi connectivity index (χ0n) is 11.4. The van der Waals surface area contributed by atoms with E-state index in [9.17, 15) is 14.7 Å². The second-order valence-electron chi connectivity index (χ2n) is 6.30. The number of halogens is 1. The average Bonchev–Trinajstić information content (AvgIpc) is 3.09. The molecule has 2 saturated carbocycles. The number of amides is 2. The Kier molecular flexibility index (Phi) is 2.98. The molecule has 2 amide bonds. The van der Waals surface area contributed by atoms with Gasteiger partial charge in [-0.2, -0.15) is 0 Å². The van der Waals surface area contributed by atoms with Crippen LogP contribution in [0.1, 0.15) is 12.0 Å². The lowest BCUT2D eigenvalue weighted by molar-refractivity contribution is -0.141. The van der Waals surface area contributed by atoms with Gasteiger partial charge in [0, 0.05) is 4.83 Å². The van der Waals surface area contributed by atoms with Gasteiger partial charge in [-0.25, -0.2) is 0 Å². The molecule has 1 heterocycles. The van der Waals surface area contributed by atoms with Gasteiger partial charge in [-0.15, -0.1) is 0 Å². The van der Waals surface area contributed by atoms with E-state index >= 15 is 0 Å². The smallest absolute Gasteiger partial charge is 0.233 e. The Balaban J connectivity index is 1.62. The quantitative estimate of drug-likeness (QED) is 0.651. The van der Waals surface area contributed by atoms with E-state index in [1.807, 2.05) is 30.3 Å². The fourth-order valence-corrected chi connectivity index (χ4v) is 5.31. The van der Waals surface area contributed by atoms with Crippen molar-refractivity contribution < 1.29 is 14.7 Å². The number of alkyl halides is 1. The summed E-state index contributed by atoms with van der Waals surface area (Å²) in [7, 11) is 0. The van der Waals surface area contributed by atoms with Crippen LogP contribution >= 0.6 is 15.9 Å². The van der Waals surface area contributed by atoms with Crippen LogP contribution in [0.15, 0.2) is 30.3 Å². The number of carbonyl (C=O) groups is 2. The summed E-state index contributed by atoms with van der Waals surface area (Å²) < 4.78 is 0. The Morgan fingerprint density at radius 1 is 1.10 bits per heavy atom. The molecule has 0 spiro atoms. The fraction of sp³-hybridized carbons (Fsp3) is 0.500. The van der Waals surface area contributed by atoms with Crippen molar-refractivity contribution in [3.05, 3.63) is 35.9 Å². The van der Waals surface area contributed by atoms with Crippen LogP contribution in [0.3, 0.4) is 0 Å². The van der Waals surface area contributed by atoms with Gasteiger partial charge < -0.3 is 5.11 Å². The molecule has 2 bridgehead atoms. The van der Waals surface area contributed by atoms with E-state index in [0.29, 0.717) is 6.54 Å². The van der Waals surface area contributed by atoms with Gasteiger partial charge in [-0.05, 0) is 23.8 Å². The summed E-state index contributed by atoms with van der Waals surface area (Å²) in [6.45, 7) is 0.341. The minimum absolute atomic E-state index is 0.0577. The maximum Gasteiger partial charge on any atom is 0.233 e. The lowest BCUT2D eigenvalue weighted by Crippen LogP contribution is -2.40. The standard InChI is InChI=1S/C16H16BrNO3/c17-13-9-6-10(14(13)19)12-11(9)15(20)18(16(12)21)7-8-4-2-1-3-5-8/h1-5,9-14,19H,6-7H2/t9-,10-,11+,12-,13+,14-/m1/s1. The molecule has 1 aromatic rings. The van der Waals surface area contributed by atoms with Gasteiger partial charge in [0.15, 0.2) is 0 Å². The number of hydrogen-bond acceptors (Lipinski definition) is 3. The molecule has 1 saturated heterocycles. The fourth-order valence-electron chi connectivity index (χ4n) is 4.37. The predicted octanol–water partition coefficient (Wildman–Crippen LogP) is 1.56. The number of carbonyl (C=O) groups excluding carboxylic acids is 2. The maximum absolute atomic E-state index is 12.6. The van der Waals surface area contributed by atoms with Gasteiger partial charge in [0.1, 0.15) is 0 Å². The highest BCUT2D eigenvalue weighted by molar-refractivity contribution is 9.09. The minimum Gasteiger partial charge on any atom is -0.392 e. The third-order valence-corrected chi connectivity index (χ3v) is 6.53. The van der Waals surface area contributed by atoms with E-state index in [4.69, 9.17) is 0 Å². The van der Waals surface area contributed by atoms with Crippen LogP contribution in [-0.2, 0) is 16.1 Å². The molecule has 1 N–H and O–H groups in total. The number of nitrogens with zero attached hydrogens (tertiary/aromatic N) is 1. The first-order valence-corrected chi connectivity index (χ1v) is 8.22. The van der Waals surface area contributed by atoms with Gasteiger partial charge in [0.25, 0.3) is 0 Å². The molecule has 110 valence electrons. The predicted molar refractivity (Wildman–Crippen MR) is 79.3 cm³/mol. The van der Waals surface area contributed by atoms with Crippen molar-refractivity contribution in [1.29, 1.82) is 0 Å². The number of likely N-dealkylation sites (tertiary alicyclic amines) is 1. The SMILES string of the molecule is O=C1[C@@H]2[C@H]3C[C@@H]([C@H](Br)[C@@H]3O)[C@@H]2C(=O)N1Cc1ccccc1. The number of hydrogen-bond donors (Lipinski definition) is 1. The lowest BCUT2D eigenvalue weighted by Gasteiger charge is -2.29. The molecular formula is C16H16BrNO3. The summed E-state index contributed by atoms with van der Waals surface area (Å²) in [5.74, 6) is -0.680. The molecular weight excluding hydrogens is 334 g/mol. The van der Waals surface area contributed by atoms with Crippen molar-refractivity contribution in [1.82, 2.24) is 4.90 Å². The molecule has 1 aromatic carbocycles. The Labute approximate surface area is 131 Å². The normalized spacial score (nSPS) is 41.0. The number of aliphatic hydroxyl groups is 1. The topological polar surface area (TPSA) is 57.6 Å². The van der Waals surface area contributed by atoms with E-state index in [1.165, 1.54) is 4.90 Å². The van der Waals surface area contributed by atoms with Gasteiger partial charge in [-0.1, -0.05) is 46.3 Å². The van der Waals surface area contributed by atoms with E-state index in [-0.39, 0.29) is 40.3 Å². The number of benzene rings is 1. The first-order chi connectivity index (χ1) is 10.1. The minimum atomic E-state index is -0.510. The van der Waals surface area contributed by atoms with Crippen LogP contribution in [0, 0.1) is 23.7 Å². The Morgan fingerprint density at radius 2 is 1.71 bits per heavy atom. The third-order valence-electron chi connectivity index (χ3n) is 5.31. The van der Waals surface area contributed by atoms with Crippen molar-refractivity contribution >= 4 is 27.7 Å². The summed E-state index contributed by atoms with van der Waals surface area (Å²) in [5.41, 5.74) is 0.961. The van der Waals surface area contributed by atoms with E-state index < -0.39 is 6.10 Å². The second kappa shape index (κ2) is 4.65. The molecule has 6 atom stereocenters. The number of fused-ring (bicyclic) bond motifs is 5. The summed E-state index contributed by atoms with van der Waals surface area (Å²) in [6.07, 6.45) is 0.271. The van der Waals surface area contributed by atoms with Crippen LogP contribution in [0.25, 0.3) is 0 Å². The van der Waals surface area contributed by atoms with Crippen molar-refractivity contribution in [3.8, 4) is 0 Å². The molecule has 1 aliphatic heterocycles. The Bertz CT molecular complexity index is 573. The highest BCUT2D eigenvalue weighted by Gasteiger charge is 2.66. The van der Waals surface area contributed by atoms with Gasteiger partial charge >= 0.3 is 0 Å². The van der Waals surface area contributed by atoms with Gasteiger partial charge in [0.05, 0.1) is 24.5 Å². The molecule has 4 rings (SSSR count). The molecule has 21 heavy (non-hydrogen) atoms. The first kappa shape index (κ1) is 13.5. The number of aliphatic hydroxyl groups excluding tert-OH is 1. The molecule has 3 aliphatic rings. The maximum atomic E-state index is 12.6. The largest absolute Gasteiger partial charge is 0.392 e. The molecule has 5 heteroatoms.